The summed E-state index contributed by atoms with van der Waals surface area (Å²) in [6.07, 6.45) is 0. The minimum absolute atomic E-state index is 0.112. The van der Waals surface area contributed by atoms with E-state index in [1.807, 2.05) is 0 Å². The van der Waals surface area contributed by atoms with E-state index in [9.17, 15) is 9.59 Å². The molecular formula is C16H16N6O4S3. The number of nitrogens with one attached hydrogen (secondary N) is 2. The molecule has 0 radical (unpaired) electrons. The lowest BCUT2D eigenvalue weighted by Gasteiger charge is -2.11. The van der Waals surface area contributed by atoms with Gasteiger partial charge in [-0.1, -0.05) is 27.6 Å². The number of rotatable bonds is 8. The summed E-state index contributed by atoms with van der Waals surface area (Å²) in [4.78, 5) is 24.8. The maximum absolute atomic E-state index is 12.3. The van der Waals surface area contributed by atoms with Gasteiger partial charge in [-0.15, -0.1) is 15.3 Å². The Kier molecular flexibility index (Phi) is 6.95. The maximum Gasteiger partial charge on any atom is 0.271 e. The first-order chi connectivity index (χ1) is 14.0. The summed E-state index contributed by atoms with van der Waals surface area (Å²) in [6.45, 7) is 1.70. The fraction of sp³-hybridized carbons (Fsp3) is 0.250. The molecule has 2 amide bonds. The first-order valence-electron chi connectivity index (χ1n) is 8.08. The predicted molar refractivity (Wildman–Crippen MR) is 111 cm³/mol. The number of aryl methyl sites for hydroxylation is 1. The normalized spacial score (nSPS) is 10.4. The Morgan fingerprint density at radius 2 is 1.97 bits per heavy atom. The van der Waals surface area contributed by atoms with E-state index in [-0.39, 0.29) is 17.6 Å². The Balaban J connectivity index is 1.55. The number of aromatic nitrogens is 4. The molecule has 0 aliphatic carbocycles. The molecule has 2 N–H and O–H groups in total. The van der Waals surface area contributed by atoms with Crippen LogP contribution in [0.2, 0.25) is 0 Å². The number of ether oxygens (including phenoxy) is 2. The van der Waals surface area contributed by atoms with E-state index >= 15 is 0 Å². The van der Waals surface area contributed by atoms with E-state index in [2.05, 4.69) is 30.4 Å². The summed E-state index contributed by atoms with van der Waals surface area (Å²) in [5.41, 5.74) is 1.06. The lowest BCUT2D eigenvalue weighted by Crippen LogP contribution is -2.14. The molecule has 3 rings (SSSR count). The third-order valence-electron chi connectivity index (χ3n) is 3.49. The highest BCUT2D eigenvalue weighted by Crippen LogP contribution is 2.30. The van der Waals surface area contributed by atoms with Gasteiger partial charge in [0, 0.05) is 6.07 Å². The summed E-state index contributed by atoms with van der Waals surface area (Å²) in [5, 5.41) is 17.5. The van der Waals surface area contributed by atoms with Crippen LogP contribution in [0.4, 0.5) is 10.8 Å². The molecule has 3 aromatic rings. The van der Waals surface area contributed by atoms with Crippen molar-refractivity contribution >= 4 is 57.3 Å². The van der Waals surface area contributed by atoms with Crippen molar-refractivity contribution in [2.24, 2.45) is 0 Å². The second-order valence-corrected chi connectivity index (χ2v) is 8.37. The number of carbonyl (C=O) groups is 2. The number of methoxy groups -OCH3 is 2. The van der Waals surface area contributed by atoms with Gasteiger partial charge in [0.15, 0.2) is 4.34 Å². The number of amides is 2. The monoisotopic (exact) mass is 452 g/mol. The number of anilines is 2. The van der Waals surface area contributed by atoms with Gasteiger partial charge in [0.2, 0.25) is 11.0 Å². The van der Waals surface area contributed by atoms with Crippen molar-refractivity contribution in [1.29, 1.82) is 0 Å². The number of hydrogen-bond acceptors (Lipinski definition) is 11. The molecule has 2 aromatic heterocycles. The maximum atomic E-state index is 12.3. The topological polar surface area (TPSA) is 128 Å². The lowest BCUT2D eigenvalue weighted by atomic mass is 10.2. The zero-order valence-corrected chi connectivity index (χ0v) is 18.0. The summed E-state index contributed by atoms with van der Waals surface area (Å²) in [7, 11) is 3.06. The Bertz CT molecular complexity index is 1020. The second kappa shape index (κ2) is 9.62. The van der Waals surface area contributed by atoms with Crippen LogP contribution in [0.3, 0.4) is 0 Å². The van der Waals surface area contributed by atoms with Gasteiger partial charge in [-0.25, -0.2) is 0 Å². The summed E-state index contributed by atoms with van der Waals surface area (Å²) < 4.78 is 14.7. The molecule has 0 bridgehead atoms. The molecule has 0 aliphatic heterocycles. The summed E-state index contributed by atoms with van der Waals surface area (Å²) in [5.74, 6) is 0.658. The number of hydrogen-bond donors (Lipinski definition) is 2. The molecule has 0 spiro atoms. The molecule has 152 valence electrons. The average molecular weight is 453 g/mol. The van der Waals surface area contributed by atoms with Crippen LogP contribution in [0.25, 0.3) is 0 Å². The van der Waals surface area contributed by atoms with Crippen molar-refractivity contribution in [3.05, 3.63) is 28.8 Å². The smallest absolute Gasteiger partial charge is 0.271 e. The Morgan fingerprint density at radius 3 is 2.66 bits per heavy atom. The molecule has 29 heavy (non-hydrogen) atoms. The highest BCUT2D eigenvalue weighted by molar-refractivity contribution is 8.01. The Morgan fingerprint density at radius 1 is 1.14 bits per heavy atom. The fourth-order valence-corrected chi connectivity index (χ4v) is 4.24. The van der Waals surface area contributed by atoms with Gasteiger partial charge in [0.05, 0.1) is 31.4 Å². The molecular weight excluding hydrogens is 436 g/mol. The van der Waals surface area contributed by atoms with Crippen molar-refractivity contribution in [3.8, 4) is 11.5 Å². The molecule has 0 atom stereocenters. The van der Waals surface area contributed by atoms with Crippen LogP contribution >= 0.6 is 34.6 Å². The summed E-state index contributed by atoms with van der Waals surface area (Å²) >= 11 is 3.39. The van der Waals surface area contributed by atoms with Gasteiger partial charge in [-0.2, -0.15) is 0 Å². The Labute approximate surface area is 178 Å². The average Bonchev–Trinajstić information content (AvgIpc) is 3.35. The van der Waals surface area contributed by atoms with Gasteiger partial charge < -0.3 is 14.8 Å². The fourth-order valence-electron chi connectivity index (χ4n) is 2.14. The number of benzene rings is 1. The number of carbonyl (C=O) groups excluding carboxylic acids is 2. The first kappa shape index (κ1) is 21.0. The van der Waals surface area contributed by atoms with Crippen LogP contribution in [-0.2, 0) is 4.79 Å². The minimum atomic E-state index is -0.340. The largest absolute Gasteiger partial charge is 0.497 e. The molecule has 0 aliphatic rings. The first-order valence-corrected chi connectivity index (χ1v) is 10.7. The predicted octanol–water partition coefficient (Wildman–Crippen LogP) is 2.70. The van der Waals surface area contributed by atoms with Gasteiger partial charge in [-0.05, 0) is 30.6 Å². The van der Waals surface area contributed by atoms with Crippen LogP contribution < -0.4 is 20.1 Å². The van der Waals surface area contributed by atoms with Crippen LogP contribution in [0.1, 0.15) is 15.4 Å². The van der Waals surface area contributed by atoms with Crippen molar-refractivity contribution in [2.45, 2.75) is 11.3 Å². The van der Waals surface area contributed by atoms with Crippen molar-refractivity contribution in [3.63, 3.8) is 0 Å². The van der Waals surface area contributed by atoms with Crippen LogP contribution in [0, 0.1) is 6.92 Å². The molecule has 1 aromatic carbocycles. The van der Waals surface area contributed by atoms with Gasteiger partial charge in [0.1, 0.15) is 16.4 Å². The molecule has 10 nitrogen and oxygen atoms in total. The molecule has 0 saturated heterocycles. The van der Waals surface area contributed by atoms with Crippen LogP contribution in [-0.4, -0.2) is 51.6 Å². The van der Waals surface area contributed by atoms with Gasteiger partial charge in [0.25, 0.3) is 5.91 Å². The van der Waals surface area contributed by atoms with E-state index in [0.717, 1.165) is 11.5 Å². The van der Waals surface area contributed by atoms with E-state index in [0.29, 0.717) is 37.2 Å². The molecule has 2 heterocycles. The molecule has 0 fully saturated rings. The van der Waals surface area contributed by atoms with Crippen molar-refractivity contribution in [2.75, 3.05) is 30.6 Å². The number of nitrogens with zero attached hydrogens (tertiary/aromatic N) is 4. The van der Waals surface area contributed by atoms with E-state index in [1.54, 1.807) is 32.2 Å². The third kappa shape index (κ3) is 5.40. The van der Waals surface area contributed by atoms with Crippen molar-refractivity contribution < 1.29 is 19.1 Å². The van der Waals surface area contributed by atoms with Crippen LogP contribution in [0.5, 0.6) is 11.5 Å². The highest BCUT2D eigenvalue weighted by Gasteiger charge is 2.16. The zero-order valence-electron chi connectivity index (χ0n) is 15.6. The van der Waals surface area contributed by atoms with Gasteiger partial charge in [-0.3, -0.25) is 14.9 Å². The standard InChI is InChI=1S/C16H16N6O4S3/c1-8-13(29-22-19-8)14(24)18-15-20-21-16(28-15)27-7-12(23)17-10-6-9(25-2)4-5-11(10)26-3/h4-6H,7H2,1-3H3,(H,17,23)(H,18,20,24). The third-order valence-corrected chi connectivity index (χ3v) is 6.29. The van der Waals surface area contributed by atoms with E-state index < -0.39 is 0 Å². The summed E-state index contributed by atoms with van der Waals surface area (Å²) in [6, 6.07) is 5.13. The zero-order chi connectivity index (χ0) is 20.8. The quantitative estimate of drug-likeness (QED) is 0.391. The highest BCUT2D eigenvalue weighted by atomic mass is 32.2. The minimum Gasteiger partial charge on any atom is -0.497 e. The molecule has 0 saturated carbocycles. The molecule has 0 unspecified atom stereocenters. The lowest BCUT2D eigenvalue weighted by molar-refractivity contribution is -0.113. The van der Waals surface area contributed by atoms with E-state index in [4.69, 9.17) is 9.47 Å². The SMILES string of the molecule is COc1ccc(OC)c(NC(=O)CSc2nnc(NC(=O)c3snnc3C)s2)c1. The van der Waals surface area contributed by atoms with Crippen LogP contribution in [0.15, 0.2) is 22.5 Å². The van der Waals surface area contributed by atoms with E-state index in [1.165, 1.54) is 30.2 Å². The molecule has 13 heteroatoms. The Hall–Kier alpha value is -2.77. The van der Waals surface area contributed by atoms with Gasteiger partial charge >= 0.3 is 0 Å². The second-order valence-electron chi connectivity index (χ2n) is 5.42. The number of thioether (sulfide) groups is 1. The van der Waals surface area contributed by atoms with Crippen molar-refractivity contribution in [1.82, 2.24) is 19.8 Å².